The van der Waals surface area contributed by atoms with Crippen molar-refractivity contribution in [2.24, 2.45) is 0 Å². The average Bonchev–Trinajstić information content (AvgIpc) is 2.76. The second-order valence-electron chi connectivity index (χ2n) is 4.77. The minimum atomic E-state index is -0.466. The molecule has 2 N–H and O–H groups in total. The lowest BCUT2D eigenvalue weighted by atomic mass is 10.1. The van der Waals surface area contributed by atoms with E-state index in [1.165, 1.54) is 12.1 Å². The van der Waals surface area contributed by atoms with Crippen LogP contribution in [0.2, 0.25) is 0 Å². The molecule has 7 heteroatoms. The van der Waals surface area contributed by atoms with E-state index in [-0.39, 0.29) is 18.0 Å². The number of nitrogens with zero attached hydrogens (tertiary/aromatic N) is 3. The highest BCUT2D eigenvalue weighted by atomic mass is 16.6. The van der Waals surface area contributed by atoms with E-state index in [0.29, 0.717) is 23.6 Å². The van der Waals surface area contributed by atoms with Crippen LogP contribution >= 0.6 is 0 Å². The van der Waals surface area contributed by atoms with E-state index >= 15 is 0 Å². The van der Waals surface area contributed by atoms with Crippen molar-refractivity contribution in [1.29, 1.82) is 0 Å². The Morgan fingerprint density at radius 2 is 2.19 bits per heavy atom. The van der Waals surface area contributed by atoms with Crippen molar-refractivity contribution in [2.75, 3.05) is 10.6 Å². The van der Waals surface area contributed by atoms with Crippen LogP contribution in [-0.4, -0.2) is 15.8 Å². The Kier molecular flexibility index (Phi) is 3.02. The lowest BCUT2D eigenvalue weighted by Crippen LogP contribution is -2.26. The van der Waals surface area contributed by atoms with E-state index in [0.717, 1.165) is 5.56 Å². The first kappa shape index (κ1) is 13.0. The third-order valence-corrected chi connectivity index (χ3v) is 3.46. The van der Waals surface area contributed by atoms with Crippen LogP contribution in [0, 0.1) is 10.1 Å². The first-order valence-electron chi connectivity index (χ1n) is 6.33. The number of non-ortho nitro benzene ring substituents is 1. The molecule has 0 saturated carbocycles. The maximum absolute atomic E-state index is 12.1. The molecule has 106 valence electrons. The minimum Gasteiger partial charge on any atom is -0.383 e. The molecule has 0 aliphatic carbocycles. The highest BCUT2D eigenvalue weighted by Gasteiger charge is 2.29. The number of nitro groups is 1. The number of rotatable bonds is 3. The smallest absolute Gasteiger partial charge is 0.269 e. The maximum Gasteiger partial charge on any atom is 0.269 e. The summed E-state index contributed by atoms with van der Waals surface area (Å²) in [7, 11) is 0. The molecule has 21 heavy (non-hydrogen) atoms. The summed E-state index contributed by atoms with van der Waals surface area (Å²) in [6, 6.07) is 8.00. The highest BCUT2D eigenvalue weighted by molar-refractivity contribution is 6.01. The number of hydrogen-bond donors (Lipinski definition) is 1. The summed E-state index contributed by atoms with van der Waals surface area (Å²) in [5.41, 5.74) is 7.88. The Labute approximate surface area is 120 Å². The van der Waals surface area contributed by atoms with E-state index in [1.54, 1.807) is 29.3 Å². The topological polar surface area (TPSA) is 102 Å². The summed E-state index contributed by atoms with van der Waals surface area (Å²) in [6.45, 7) is 0.309. The second kappa shape index (κ2) is 4.86. The number of nitrogen functional groups attached to an aromatic ring is 1. The summed E-state index contributed by atoms with van der Waals surface area (Å²) in [5.74, 6) is 0.273. The van der Waals surface area contributed by atoms with Crippen LogP contribution in [0.3, 0.4) is 0 Å². The van der Waals surface area contributed by atoms with Gasteiger partial charge in [0.25, 0.3) is 5.69 Å². The molecule has 0 unspecified atom stereocenters. The quantitative estimate of drug-likeness (QED) is 0.682. The number of amides is 1. The number of nitro benzene ring substituents is 1. The Morgan fingerprint density at radius 3 is 2.90 bits per heavy atom. The number of fused-ring (bicyclic) bond motifs is 1. The van der Waals surface area contributed by atoms with Crippen molar-refractivity contribution in [3.05, 3.63) is 57.8 Å². The fourth-order valence-corrected chi connectivity index (χ4v) is 2.41. The van der Waals surface area contributed by atoms with Gasteiger partial charge in [0.15, 0.2) is 0 Å². The van der Waals surface area contributed by atoms with Gasteiger partial charge in [-0.15, -0.1) is 0 Å². The monoisotopic (exact) mass is 284 g/mol. The summed E-state index contributed by atoms with van der Waals surface area (Å²) in [6.07, 6.45) is 1.75. The van der Waals surface area contributed by atoms with E-state index in [9.17, 15) is 14.9 Å². The van der Waals surface area contributed by atoms with Crippen molar-refractivity contribution in [2.45, 2.75) is 13.0 Å². The Morgan fingerprint density at radius 1 is 1.38 bits per heavy atom. The molecule has 1 amide bonds. The van der Waals surface area contributed by atoms with Gasteiger partial charge < -0.3 is 10.6 Å². The zero-order chi connectivity index (χ0) is 15.0. The van der Waals surface area contributed by atoms with Crippen LogP contribution in [0.1, 0.15) is 11.1 Å². The predicted molar refractivity (Wildman–Crippen MR) is 76.6 cm³/mol. The van der Waals surface area contributed by atoms with Crippen LogP contribution in [0.25, 0.3) is 0 Å². The molecule has 0 saturated heterocycles. The largest absolute Gasteiger partial charge is 0.383 e. The Balaban J connectivity index is 1.94. The minimum absolute atomic E-state index is 0.00992. The number of anilines is 2. The van der Waals surface area contributed by atoms with Crippen molar-refractivity contribution in [3.8, 4) is 0 Å². The summed E-state index contributed by atoms with van der Waals surface area (Å²) < 4.78 is 0. The first-order chi connectivity index (χ1) is 10.1. The maximum atomic E-state index is 12.1. The molecule has 7 nitrogen and oxygen atoms in total. The van der Waals surface area contributed by atoms with E-state index in [4.69, 9.17) is 5.73 Å². The molecule has 1 aliphatic rings. The Bertz CT molecular complexity index is 745. The average molecular weight is 284 g/mol. The van der Waals surface area contributed by atoms with Gasteiger partial charge in [-0.25, -0.2) is 4.98 Å². The molecule has 0 fully saturated rings. The second-order valence-corrected chi connectivity index (χ2v) is 4.77. The van der Waals surface area contributed by atoms with Gasteiger partial charge in [0, 0.05) is 29.6 Å². The number of benzene rings is 1. The molecular weight excluding hydrogens is 272 g/mol. The van der Waals surface area contributed by atoms with Crippen molar-refractivity contribution >= 4 is 23.1 Å². The highest BCUT2D eigenvalue weighted by Crippen LogP contribution is 2.33. The summed E-state index contributed by atoms with van der Waals surface area (Å²) in [4.78, 5) is 28.0. The number of pyridine rings is 1. The zero-order valence-electron chi connectivity index (χ0n) is 11.0. The van der Waals surface area contributed by atoms with Crippen LogP contribution in [-0.2, 0) is 17.8 Å². The van der Waals surface area contributed by atoms with Crippen LogP contribution in [0.4, 0.5) is 17.2 Å². The van der Waals surface area contributed by atoms with Gasteiger partial charge in [-0.3, -0.25) is 14.9 Å². The number of carbonyl (C=O) groups excluding carboxylic acids is 1. The Hall–Kier alpha value is -2.96. The lowest BCUT2D eigenvalue weighted by Gasteiger charge is -2.18. The van der Waals surface area contributed by atoms with Gasteiger partial charge in [-0.2, -0.15) is 0 Å². The van der Waals surface area contributed by atoms with E-state index in [1.807, 2.05) is 0 Å². The third-order valence-electron chi connectivity index (χ3n) is 3.46. The normalized spacial score (nSPS) is 13.3. The molecule has 0 atom stereocenters. The van der Waals surface area contributed by atoms with Crippen molar-refractivity contribution < 1.29 is 9.72 Å². The van der Waals surface area contributed by atoms with Crippen LogP contribution in [0.15, 0.2) is 36.5 Å². The van der Waals surface area contributed by atoms with Gasteiger partial charge >= 0.3 is 0 Å². The number of nitrogens with two attached hydrogens (primary N) is 1. The predicted octanol–water partition coefficient (Wildman–Crippen LogP) is 1.66. The van der Waals surface area contributed by atoms with E-state index < -0.39 is 4.92 Å². The van der Waals surface area contributed by atoms with E-state index in [2.05, 4.69) is 4.98 Å². The van der Waals surface area contributed by atoms with Crippen LogP contribution in [0.5, 0.6) is 0 Å². The van der Waals surface area contributed by atoms with Gasteiger partial charge in [0.05, 0.1) is 17.9 Å². The third kappa shape index (κ3) is 2.29. The van der Waals surface area contributed by atoms with Gasteiger partial charge in [-0.1, -0.05) is 6.07 Å². The molecule has 3 rings (SSSR count). The zero-order valence-corrected chi connectivity index (χ0v) is 11.0. The van der Waals surface area contributed by atoms with Gasteiger partial charge in [0.1, 0.15) is 5.82 Å². The molecule has 2 aromatic rings. The standard InChI is InChI=1S/C14H12N4O3/c15-14-9(2-1-5-16-14)8-17-12-4-3-11(18(20)21)6-10(12)7-13(17)19/h1-6H,7-8H2,(H2,15,16). The first-order valence-corrected chi connectivity index (χ1v) is 6.33. The lowest BCUT2D eigenvalue weighted by molar-refractivity contribution is -0.384. The number of aromatic nitrogens is 1. The SMILES string of the molecule is Nc1ncccc1CN1C(=O)Cc2cc([N+](=O)[O-])ccc21. The molecular formula is C14H12N4O3. The molecule has 1 aliphatic heterocycles. The molecule has 0 bridgehead atoms. The van der Waals surface area contributed by atoms with Crippen molar-refractivity contribution in [1.82, 2.24) is 4.98 Å². The number of hydrogen-bond acceptors (Lipinski definition) is 5. The molecule has 1 aromatic carbocycles. The summed E-state index contributed by atoms with van der Waals surface area (Å²) >= 11 is 0. The van der Waals surface area contributed by atoms with Crippen molar-refractivity contribution in [3.63, 3.8) is 0 Å². The van der Waals surface area contributed by atoms with Crippen LogP contribution < -0.4 is 10.6 Å². The fourth-order valence-electron chi connectivity index (χ4n) is 2.41. The molecule has 0 spiro atoms. The van der Waals surface area contributed by atoms with Gasteiger partial charge in [-0.05, 0) is 17.7 Å². The van der Waals surface area contributed by atoms with Gasteiger partial charge in [0.2, 0.25) is 5.91 Å². The summed E-state index contributed by atoms with van der Waals surface area (Å²) in [5, 5.41) is 10.8. The molecule has 2 heterocycles. The fraction of sp³-hybridized carbons (Fsp3) is 0.143. The molecule has 0 radical (unpaired) electrons. The number of carbonyl (C=O) groups is 1. The molecule has 1 aromatic heterocycles.